The number of carbonyl (C=O) groups excluding carboxylic acids is 1. The van der Waals surface area contributed by atoms with Crippen LogP contribution >= 0.6 is 0 Å². The number of nitrogens with zero attached hydrogens (tertiary/aromatic N) is 2. The van der Waals surface area contributed by atoms with Gasteiger partial charge < -0.3 is 5.73 Å². The van der Waals surface area contributed by atoms with Gasteiger partial charge in [-0.1, -0.05) is 0 Å². The maximum absolute atomic E-state index is 10.9. The Morgan fingerprint density at radius 3 is 2.91 bits per heavy atom. The predicted molar refractivity (Wildman–Crippen MR) is 40.2 cm³/mol. The normalized spacial score (nSPS) is 9.64. The van der Waals surface area contributed by atoms with Gasteiger partial charge in [0, 0.05) is 6.20 Å². The second kappa shape index (κ2) is 3.21. The van der Waals surface area contributed by atoms with E-state index in [0.717, 1.165) is 5.69 Å². The molecule has 1 aromatic rings. The Bertz CT molecular complexity index is 272. The average Bonchev–Trinajstić information content (AvgIpc) is 2.03. The number of nitrogens with two attached hydrogens (primary N) is 1. The van der Waals surface area contributed by atoms with Gasteiger partial charge >= 0.3 is 0 Å². The quantitative estimate of drug-likeness (QED) is 0.600. The van der Waals surface area contributed by atoms with Crippen LogP contribution in [0, 0.1) is 6.92 Å². The lowest BCUT2D eigenvalue weighted by Gasteiger charge is -1.95. The van der Waals surface area contributed by atoms with Crippen LogP contribution in [0.15, 0.2) is 12.4 Å². The van der Waals surface area contributed by atoms with Crippen LogP contribution in [0.25, 0.3) is 0 Å². The molecule has 1 heterocycles. The second-order valence-electron chi connectivity index (χ2n) is 2.17. The summed E-state index contributed by atoms with van der Waals surface area (Å²) >= 11 is 0. The monoisotopic (exact) mass is 151 g/mol. The summed E-state index contributed by atoms with van der Waals surface area (Å²) in [6.45, 7) is 1.76. The first-order valence-corrected chi connectivity index (χ1v) is 3.26. The highest BCUT2D eigenvalue weighted by atomic mass is 16.1. The molecule has 0 aromatic carbocycles. The largest absolute Gasteiger partial charge is 0.324 e. The summed E-state index contributed by atoms with van der Waals surface area (Å²) in [6.07, 6.45) is 3.01. The van der Waals surface area contributed by atoms with Crippen molar-refractivity contribution in [1.29, 1.82) is 0 Å². The molecular weight excluding hydrogens is 142 g/mol. The van der Waals surface area contributed by atoms with Gasteiger partial charge in [-0.15, -0.1) is 0 Å². The van der Waals surface area contributed by atoms with Crippen molar-refractivity contribution in [3.63, 3.8) is 0 Å². The van der Waals surface area contributed by atoms with Gasteiger partial charge in [-0.3, -0.25) is 9.78 Å². The van der Waals surface area contributed by atoms with Gasteiger partial charge in [0.25, 0.3) is 0 Å². The van der Waals surface area contributed by atoms with E-state index < -0.39 is 0 Å². The van der Waals surface area contributed by atoms with Gasteiger partial charge in [-0.2, -0.15) is 0 Å². The van der Waals surface area contributed by atoms with E-state index in [9.17, 15) is 4.79 Å². The third-order valence-corrected chi connectivity index (χ3v) is 1.23. The summed E-state index contributed by atoms with van der Waals surface area (Å²) < 4.78 is 0. The Balaban J connectivity index is 2.96. The van der Waals surface area contributed by atoms with Crippen LogP contribution in [0.3, 0.4) is 0 Å². The van der Waals surface area contributed by atoms with Crippen molar-refractivity contribution in [2.45, 2.75) is 6.92 Å². The molecule has 0 aliphatic carbocycles. The number of carbonyl (C=O) groups is 1. The number of ketones is 1. The molecule has 0 bridgehead atoms. The summed E-state index contributed by atoms with van der Waals surface area (Å²) in [5.41, 5.74) is 6.20. The molecule has 4 heteroatoms. The van der Waals surface area contributed by atoms with Gasteiger partial charge in [0.1, 0.15) is 5.69 Å². The minimum absolute atomic E-state index is 0.0157. The van der Waals surface area contributed by atoms with Crippen molar-refractivity contribution in [2.75, 3.05) is 6.54 Å². The Kier molecular flexibility index (Phi) is 2.28. The zero-order chi connectivity index (χ0) is 8.27. The summed E-state index contributed by atoms with van der Waals surface area (Å²) in [7, 11) is 0. The lowest BCUT2D eigenvalue weighted by atomic mass is 10.3. The maximum Gasteiger partial charge on any atom is 0.196 e. The highest BCUT2D eigenvalue weighted by molar-refractivity contribution is 5.95. The van der Waals surface area contributed by atoms with E-state index in [4.69, 9.17) is 5.73 Å². The lowest BCUT2D eigenvalue weighted by Crippen LogP contribution is -2.15. The SMILES string of the molecule is Cc1cncc(C(=O)CN)n1. The van der Waals surface area contributed by atoms with Crippen molar-refractivity contribution in [2.24, 2.45) is 5.73 Å². The van der Waals surface area contributed by atoms with Crippen molar-refractivity contribution in [3.8, 4) is 0 Å². The minimum atomic E-state index is -0.179. The number of aryl methyl sites for hydroxylation is 1. The fraction of sp³-hybridized carbons (Fsp3) is 0.286. The van der Waals surface area contributed by atoms with E-state index in [1.165, 1.54) is 6.20 Å². The number of aromatic nitrogens is 2. The zero-order valence-electron chi connectivity index (χ0n) is 6.24. The van der Waals surface area contributed by atoms with E-state index in [2.05, 4.69) is 9.97 Å². The molecule has 1 rings (SSSR count). The fourth-order valence-electron chi connectivity index (χ4n) is 0.702. The second-order valence-corrected chi connectivity index (χ2v) is 2.17. The zero-order valence-corrected chi connectivity index (χ0v) is 6.24. The van der Waals surface area contributed by atoms with Crippen molar-refractivity contribution in [3.05, 3.63) is 23.8 Å². The van der Waals surface area contributed by atoms with Gasteiger partial charge in [0.2, 0.25) is 0 Å². The minimum Gasteiger partial charge on any atom is -0.324 e. The molecular formula is C7H9N3O. The van der Waals surface area contributed by atoms with E-state index in [1.807, 2.05) is 0 Å². The maximum atomic E-state index is 10.9. The highest BCUT2D eigenvalue weighted by Crippen LogP contribution is 1.94. The van der Waals surface area contributed by atoms with Crippen molar-refractivity contribution in [1.82, 2.24) is 9.97 Å². The molecule has 0 saturated carbocycles. The van der Waals surface area contributed by atoms with E-state index in [-0.39, 0.29) is 12.3 Å². The van der Waals surface area contributed by atoms with Crippen molar-refractivity contribution < 1.29 is 4.79 Å². The average molecular weight is 151 g/mol. The van der Waals surface area contributed by atoms with Crippen LogP contribution < -0.4 is 5.73 Å². The molecule has 2 N–H and O–H groups in total. The molecule has 1 aromatic heterocycles. The molecule has 0 spiro atoms. The molecule has 0 atom stereocenters. The third-order valence-electron chi connectivity index (χ3n) is 1.23. The first kappa shape index (κ1) is 7.81. The predicted octanol–water partition coefficient (Wildman–Crippen LogP) is -0.0736. The van der Waals surface area contributed by atoms with Crippen molar-refractivity contribution >= 4 is 5.78 Å². The van der Waals surface area contributed by atoms with E-state index >= 15 is 0 Å². The molecule has 0 fully saturated rings. The van der Waals surface area contributed by atoms with Crippen LogP contribution in [0.1, 0.15) is 16.2 Å². The Labute approximate surface area is 64.5 Å². The molecule has 0 radical (unpaired) electrons. The smallest absolute Gasteiger partial charge is 0.196 e. The highest BCUT2D eigenvalue weighted by Gasteiger charge is 2.03. The third kappa shape index (κ3) is 1.81. The molecule has 0 saturated heterocycles. The molecule has 58 valence electrons. The van der Waals surface area contributed by atoms with Gasteiger partial charge in [-0.25, -0.2) is 4.98 Å². The van der Waals surface area contributed by atoms with E-state index in [1.54, 1.807) is 13.1 Å². The Morgan fingerprint density at radius 1 is 1.64 bits per heavy atom. The first-order valence-electron chi connectivity index (χ1n) is 3.26. The number of hydrogen-bond donors (Lipinski definition) is 1. The molecule has 11 heavy (non-hydrogen) atoms. The number of Topliss-reactive ketones (excluding diaryl/α,β-unsaturated/α-hetero) is 1. The number of hydrogen-bond acceptors (Lipinski definition) is 4. The van der Waals surface area contributed by atoms with E-state index in [0.29, 0.717) is 5.69 Å². The first-order chi connectivity index (χ1) is 5.24. The number of rotatable bonds is 2. The lowest BCUT2D eigenvalue weighted by molar-refractivity contribution is 0.0996. The summed E-state index contributed by atoms with van der Waals surface area (Å²) in [4.78, 5) is 18.7. The Hall–Kier alpha value is -1.29. The topological polar surface area (TPSA) is 68.9 Å². The van der Waals surface area contributed by atoms with Crippen LogP contribution in [0.4, 0.5) is 0 Å². The van der Waals surface area contributed by atoms with Gasteiger partial charge in [0.05, 0.1) is 18.4 Å². The van der Waals surface area contributed by atoms with Crippen LogP contribution in [-0.4, -0.2) is 22.3 Å². The standard InChI is InChI=1S/C7H9N3O/c1-5-3-9-4-6(10-5)7(11)2-8/h3-4H,2,8H2,1H3. The molecule has 0 amide bonds. The summed E-state index contributed by atoms with van der Waals surface area (Å²) in [6, 6.07) is 0. The van der Waals surface area contributed by atoms with Crippen LogP contribution in [-0.2, 0) is 0 Å². The molecule has 0 aliphatic rings. The van der Waals surface area contributed by atoms with Crippen LogP contribution in [0.2, 0.25) is 0 Å². The van der Waals surface area contributed by atoms with Gasteiger partial charge in [0.15, 0.2) is 5.78 Å². The Morgan fingerprint density at radius 2 is 2.36 bits per heavy atom. The molecule has 0 aliphatic heterocycles. The summed E-state index contributed by atoms with van der Waals surface area (Å²) in [5, 5.41) is 0. The summed E-state index contributed by atoms with van der Waals surface area (Å²) in [5.74, 6) is -0.179. The van der Waals surface area contributed by atoms with Crippen LogP contribution in [0.5, 0.6) is 0 Å². The fourth-order valence-corrected chi connectivity index (χ4v) is 0.702. The molecule has 0 unspecified atom stereocenters. The molecule has 4 nitrogen and oxygen atoms in total. The van der Waals surface area contributed by atoms with Gasteiger partial charge in [-0.05, 0) is 6.92 Å².